The summed E-state index contributed by atoms with van der Waals surface area (Å²) in [6.45, 7) is 4.83. The molecule has 0 bridgehead atoms. The smallest absolute Gasteiger partial charge is 0.308 e. The Kier molecular flexibility index (Phi) is 4.37. The van der Waals surface area contributed by atoms with Crippen molar-refractivity contribution in [1.29, 1.82) is 0 Å². The van der Waals surface area contributed by atoms with Crippen molar-refractivity contribution in [3.8, 4) is 11.3 Å². The number of aliphatic hydroxyl groups is 1. The Balaban J connectivity index is 1.81. The lowest BCUT2D eigenvalue weighted by atomic mass is 9.95. The second-order valence-electron chi connectivity index (χ2n) is 6.02. The molecule has 1 fully saturated rings. The first-order valence-corrected chi connectivity index (χ1v) is 8.50. The number of amides is 1. The summed E-state index contributed by atoms with van der Waals surface area (Å²) in [4.78, 5) is 27.1. The molecule has 0 unspecified atom stereocenters. The summed E-state index contributed by atoms with van der Waals surface area (Å²) >= 11 is 1.17. The van der Waals surface area contributed by atoms with E-state index in [2.05, 4.69) is 0 Å². The van der Waals surface area contributed by atoms with Crippen LogP contribution in [0.3, 0.4) is 0 Å². The second kappa shape index (κ2) is 6.29. The summed E-state index contributed by atoms with van der Waals surface area (Å²) in [5.74, 6) is 0.0763. The molecular weight excluding hydrogens is 312 g/mol. The van der Waals surface area contributed by atoms with Crippen LogP contribution in [-0.2, 0) is 11.3 Å². The van der Waals surface area contributed by atoms with Gasteiger partial charge < -0.3 is 10.0 Å². The normalized spacial score (nSPS) is 16.2. The summed E-state index contributed by atoms with van der Waals surface area (Å²) in [7, 11) is 0. The minimum absolute atomic E-state index is 0.0555. The highest BCUT2D eigenvalue weighted by Gasteiger charge is 2.33. The van der Waals surface area contributed by atoms with E-state index in [9.17, 15) is 14.7 Å². The first kappa shape index (κ1) is 16.0. The highest BCUT2D eigenvalue weighted by Crippen LogP contribution is 2.26. The van der Waals surface area contributed by atoms with Crippen molar-refractivity contribution >= 4 is 17.2 Å². The summed E-state index contributed by atoms with van der Waals surface area (Å²) < 4.78 is 1.56. The number of likely N-dealkylation sites (tertiary alicyclic amines) is 1. The number of hydrogen-bond donors (Lipinski definition) is 1. The maximum absolute atomic E-state index is 12.4. The molecule has 1 aliphatic heterocycles. The molecule has 5 nitrogen and oxygen atoms in total. The topological polar surface area (TPSA) is 62.5 Å². The molecule has 2 aromatic rings. The molecule has 2 heterocycles. The van der Waals surface area contributed by atoms with Crippen LogP contribution in [0.1, 0.15) is 11.8 Å². The first-order chi connectivity index (χ1) is 11.0. The molecule has 0 radical (unpaired) electrons. The van der Waals surface area contributed by atoms with Crippen LogP contribution in [0.5, 0.6) is 0 Å². The first-order valence-electron chi connectivity index (χ1n) is 7.69. The fourth-order valence-corrected chi connectivity index (χ4v) is 3.72. The highest BCUT2D eigenvalue weighted by molar-refractivity contribution is 7.09. The number of rotatable bonds is 4. The summed E-state index contributed by atoms with van der Waals surface area (Å²) in [5, 5.41) is 9.51. The molecule has 122 valence electrons. The van der Waals surface area contributed by atoms with E-state index in [1.807, 2.05) is 37.3 Å². The van der Waals surface area contributed by atoms with Crippen molar-refractivity contribution in [2.75, 3.05) is 13.1 Å². The van der Waals surface area contributed by atoms with Crippen LogP contribution < -0.4 is 4.87 Å². The average Bonchev–Trinajstić information content (AvgIpc) is 2.72. The van der Waals surface area contributed by atoms with E-state index in [0.717, 1.165) is 16.1 Å². The van der Waals surface area contributed by atoms with Crippen molar-refractivity contribution in [3.05, 3.63) is 44.9 Å². The molecule has 6 heteroatoms. The van der Waals surface area contributed by atoms with Gasteiger partial charge in [0.2, 0.25) is 5.91 Å². The van der Waals surface area contributed by atoms with E-state index in [1.54, 1.807) is 16.4 Å². The van der Waals surface area contributed by atoms with Crippen LogP contribution >= 0.6 is 11.3 Å². The molecule has 1 saturated heterocycles. The SMILES string of the molecule is Cc1sc(=O)n(CC(=O)N2CC([C@@H](C)O)C2)c1-c1ccccc1. The Labute approximate surface area is 138 Å². The van der Waals surface area contributed by atoms with E-state index < -0.39 is 6.10 Å². The maximum Gasteiger partial charge on any atom is 0.308 e. The van der Waals surface area contributed by atoms with Gasteiger partial charge in [-0.1, -0.05) is 41.7 Å². The molecule has 0 aliphatic carbocycles. The number of aromatic nitrogens is 1. The van der Waals surface area contributed by atoms with Crippen LogP contribution in [0.2, 0.25) is 0 Å². The van der Waals surface area contributed by atoms with Gasteiger partial charge in [0.25, 0.3) is 0 Å². The van der Waals surface area contributed by atoms with Crippen LogP contribution in [0, 0.1) is 12.8 Å². The van der Waals surface area contributed by atoms with E-state index >= 15 is 0 Å². The van der Waals surface area contributed by atoms with Gasteiger partial charge in [-0.2, -0.15) is 0 Å². The zero-order valence-corrected chi connectivity index (χ0v) is 14.0. The molecule has 0 saturated carbocycles. The molecule has 1 aromatic heterocycles. The Morgan fingerprint density at radius 3 is 2.61 bits per heavy atom. The van der Waals surface area contributed by atoms with Gasteiger partial charge in [0, 0.05) is 23.9 Å². The predicted octanol–water partition coefficient (Wildman–Crippen LogP) is 1.72. The maximum atomic E-state index is 12.4. The van der Waals surface area contributed by atoms with Gasteiger partial charge in [-0.3, -0.25) is 14.2 Å². The summed E-state index contributed by atoms with van der Waals surface area (Å²) in [6, 6.07) is 9.66. The van der Waals surface area contributed by atoms with E-state index in [0.29, 0.717) is 13.1 Å². The lowest BCUT2D eigenvalue weighted by molar-refractivity contribution is -0.140. The zero-order valence-electron chi connectivity index (χ0n) is 13.2. The second-order valence-corrected chi connectivity index (χ2v) is 7.19. The number of hydrogen-bond acceptors (Lipinski definition) is 4. The van der Waals surface area contributed by atoms with Gasteiger partial charge in [-0.15, -0.1) is 0 Å². The number of aryl methyl sites for hydroxylation is 1. The minimum Gasteiger partial charge on any atom is -0.393 e. The Hall–Kier alpha value is -1.92. The molecule has 1 N–H and O–H groups in total. The average molecular weight is 332 g/mol. The van der Waals surface area contributed by atoms with Crippen molar-refractivity contribution in [1.82, 2.24) is 9.47 Å². The minimum atomic E-state index is -0.398. The Morgan fingerprint density at radius 1 is 1.35 bits per heavy atom. The fraction of sp³-hybridized carbons (Fsp3) is 0.412. The largest absolute Gasteiger partial charge is 0.393 e. The molecule has 0 spiro atoms. The lowest BCUT2D eigenvalue weighted by Gasteiger charge is -2.40. The van der Waals surface area contributed by atoms with Gasteiger partial charge in [0.15, 0.2) is 0 Å². The third-order valence-corrected chi connectivity index (χ3v) is 5.24. The molecular formula is C17H20N2O3S. The summed E-state index contributed by atoms with van der Waals surface area (Å²) in [5.41, 5.74) is 1.77. The van der Waals surface area contributed by atoms with Gasteiger partial charge in [0.05, 0.1) is 11.8 Å². The number of carbonyl (C=O) groups excluding carboxylic acids is 1. The van der Waals surface area contributed by atoms with Crippen LogP contribution in [0.4, 0.5) is 0 Å². The fourth-order valence-electron chi connectivity index (χ4n) is 2.87. The van der Waals surface area contributed by atoms with Crippen LogP contribution in [0.25, 0.3) is 11.3 Å². The third kappa shape index (κ3) is 3.09. The number of aliphatic hydroxyl groups excluding tert-OH is 1. The van der Waals surface area contributed by atoms with Crippen LogP contribution in [0.15, 0.2) is 35.1 Å². The number of carbonyl (C=O) groups is 1. The Bertz CT molecular complexity index is 758. The molecule has 1 atom stereocenters. The molecule has 1 aromatic carbocycles. The van der Waals surface area contributed by atoms with Crippen molar-refractivity contribution in [2.24, 2.45) is 5.92 Å². The Morgan fingerprint density at radius 2 is 2.00 bits per heavy atom. The van der Waals surface area contributed by atoms with Gasteiger partial charge >= 0.3 is 4.87 Å². The van der Waals surface area contributed by atoms with Gasteiger partial charge in [-0.05, 0) is 19.4 Å². The number of benzene rings is 1. The zero-order chi connectivity index (χ0) is 16.6. The number of thiazole rings is 1. The summed E-state index contributed by atoms with van der Waals surface area (Å²) in [6.07, 6.45) is -0.398. The molecule has 3 rings (SSSR count). The van der Waals surface area contributed by atoms with E-state index in [4.69, 9.17) is 0 Å². The molecule has 1 amide bonds. The standard InChI is InChI=1S/C17H20N2O3S/c1-11(20)14-8-18(9-14)15(21)10-19-16(12(2)23-17(19)22)13-6-4-3-5-7-13/h3-7,11,14,20H,8-10H2,1-2H3/t11-/m1/s1. The highest BCUT2D eigenvalue weighted by atomic mass is 32.1. The van der Waals surface area contributed by atoms with Gasteiger partial charge in [-0.25, -0.2) is 0 Å². The van der Waals surface area contributed by atoms with Crippen molar-refractivity contribution in [3.63, 3.8) is 0 Å². The van der Waals surface area contributed by atoms with Crippen LogP contribution in [-0.4, -0.2) is 39.7 Å². The number of nitrogens with zero attached hydrogens (tertiary/aromatic N) is 2. The van der Waals surface area contributed by atoms with Gasteiger partial charge in [0.1, 0.15) is 6.54 Å². The molecule has 1 aliphatic rings. The lowest BCUT2D eigenvalue weighted by Crippen LogP contribution is -2.54. The van der Waals surface area contributed by atoms with Crippen molar-refractivity contribution in [2.45, 2.75) is 26.5 Å². The monoisotopic (exact) mass is 332 g/mol. The van der Waals surface area contributed by atoms with E-state index in [1.165, 1.54) is 11.3 Å². The molecule has 23 heavy (non-hydrogen) atoms. The quantitative estimate of drug-likeness (QED) is 0.927. The predicted molar refractivity (Wildman–Crippen MR) is 90.5 cm³/mol. The van der Waals surface area contributed by atoms with Crippen molar-refractivity contribution < 1.29 is 9.90 Å². The van der Waals surface area contributed by atoms with E-state index in [-0.39, 0.29) is 23.2 Å². The third-order valence-electron chi connectivity index (χ3n) is 4.35.